The monoisotopic (exact) mass is 594 g/mol. The Morgan fingerprint density at radius 2 is 1.48 bits per heavy atom. The summed E-state index contributed by atoms with van der Waals surface area (Å²) in [7, 11) is 0. The van der Waals surface area contributed by atoms with Crippen molar-refractivity contribution in [3.05, 3.63) is 95.1 Å². The molecule has 5 N–H and O–H groups in total. The molecule has 11 heteroatoms. The van der Waals surface area contributed by atoms with Gasteiger partial charge < -0.3 is 25.0 Å². The smallest absolute Gasteiger partial charge is 0.335 e. The minimum Gasteiger partial charge on any atom is -0.478 e. The molecule has 0 aromatic heterocycles. The predicted octanol–water partition coefficient (Wildman–Crippen LogP) is 5.22. The molecule has 0 bridgehead atoms. The number of carboxylic acids is 1. The molecular formula is C31H34N2O8S. The zero-order valence-electron chi connectivity index (χ0n) is 22.9. The molecule has 222 valence electrons. The lowest BCUT2D eigenvalue weighted by molar-refractivity contribution is -0.245. The van der Waals surface area contributed by atoms with Crippen LogP contribution >= 0.6 is 11.8 Å². The average Bonchev–Trinajstić information content (AvgIpc) is 3.02. The largest absolute Gasteiger partial charge is 0.478 e. The first-order valence-corrected chi connectivity index (χ1v) is 14.6. The van der Waals surface area contributed by atoms with E-state index in [1.807, 2.05) is 36.4 Å². The molecule has 2 amide bonds. The summed E-state index contributed by atoms with van der Waals surface area (Å²) >= 11 is 1.58. The van der Waals surface area contributed by atoms with E-state index in [-0.39, 0.29) is 43.1 Å². The fourth-order valence-corrected chi connectivity index (χ4v) is 5.40. The lowest BCUT2D eigenvalue weighted by Gasteiger charge is -2.36. The minimum absolute atomic E-state index is 0.0404. The second kappa shape index (κ2) is 15.5. The molecule has 1 fully saturated rings. The van der Waals surface area contributed by atoms with E-state index in [0.29, 0.717) is 30.7 Å². The molecule has 3 aromatic rings. The van der Waals surface area contributed by atoms with Crippen LogP contribution in [0.15, 0.2) is 77.7 Å². The standard InChI is InChI=1S/C31H34N2O8S/c34-18-20-5-7-21(8-6-20)27-17-25(19-42-26-15-11-22(12-16-26)30(37)38)40-31(41-27)23-9-13-24(14-10-23)32-28(35)3-1-2-4-29(36)33-39/h5-16,25,27,31,34,39H,1-4,17-19H2,(H,32,35)(H,33,36)(H,37,38)/t25-,27+,31+/m1/s1. The molecule has 1 heterocycles. The van der Waals surface area contributed by atoms with Gasteiger partial charge in [0.05, 0.1) is 24.4 Å². The zero-order valence-corrected chi connectivity index (χ0v) is 23.7. The van der Waals surface area contributed by atoms with Crippen LogP contribution in [-0.4, -0.2) is 45.1 Å². The summed E-state index contributed by atoms with van der Waals surface area (Å²) in [5.41, 5.74) is 5.02. The number of hydroxylamine groups is 1. The van der Waals surface area contributed by atoms with E-state index in [2.05, 4.69) is 5.32 Å². The van der Waals surface area contributed by atoms with Gasteiger partial charge in [-0.15, -0.1) is 11.8 Å². The van der Waals surface area contributed by atoms with Gasteiger partial charge in [0.2, 0.25) is 11.8 Å². The van der Waals surface area contributed by atoms with Crippen molar-refractivity contribution in [3.8, 4) is 0 Å². The van der Waals surface area contributed by atoms with Crippen molar-refractivity contribution in [1.29, 1.82) is 0 Å². The molecule has 0 saturated carbocycles. The highest BCUT2D eigenvalue weighted by Crippen LogP contribution is 2.39. The number of anilines is 1. The van der Waals surface area contributed by atoms with Crippen molar-refractivity contribution < 1.29 is 39.3 Å². The van der Waals surface area contributed by atoms with Crippen molar-refractivity contribution >= 4 is 35.2 Å². The van der Waals surface area contributed by atoms with Crippen LogP contribution in [0.1, 0.15) is 71.5 Å². The van der Waals surface area contributed by atoms with Gasteiger partial charge in [0.25, 0.3) is 0 Å². The Hall–Kier alpha value is -3.74. The third-order valence-electron chi connectivity index (χ3n) is 6.80. The number of carbonyl (C=O) groups is 3. The van der Waals surface area contributed by atoms with E-state index in [9.17, 15) is 19.5 Å². The molecule has 1 saturated heterocycles. The number of ether oxygens (including phenoxy) is 2. The molecule has 1 aliphatic rings. The number of nitrogens with one attached hydrogen (secondary N) is 2. The number of benzene rings is 3. The van der Waals surface area contributed by atoms with Crippen LogP contribution in [-0.2, 0) is 25.7 Å². The molecule has 3 aromatic carbocycles. The van der Waals surface area contributed by atoms with Gasteiger partial charge in [-0.3, -0.25) is 14.8 Å². The van der Waals surface area contributed by atoms with E-state index in [1.165, 1.54) is 0 Å². The van der Waals surface area contributed by atoms with Gasteiger partial charge >= 0.3 is 5.97 Å². The zero-order chi connectivity index (χ0) is 29.9. The Labute approximate surface area is 248 Å². The van der Waals surface area contributed by atoms with Gasteiger partial charge in [-0.05, 0) is 60.4 Å². The van der Waals surface area contributed by atoms with Gasteiger partial charge in [-0.1, -0.05) is 36.4 Å². The van der Waals surface area contributed by atoms with Crippen LogP contribution in [0.3, 0.4) is 0 Å². The van der Waals surface area contributed by atoms with Crippen LogP contribution in [0, 0.1) is 0 Å². The number of rotatable bonds is 13. The van der Waals surface area contributed by atoms with Crippen molar-refractivity contribution in [1.82, 2.24) is 5.48 Å². The van der Waals surface area contributed by atoms with Gasteiger partial charge in [0.1, 0.15) is 0 Å². The number of amides is 2. The first kappa shape index (κ1) is 31.2. The summed E-state index contributed by atoms with van der Waals surface area (Å²) in [6, 6.07) is 21.6. The molecule has 10 nitrogen and oxygen atoms in total. The average molecular weight is 595 g/mol. The molecule has 0 aliphatic carbocycles. The maximum absolute atomic E-state index is 12.3. The Morgan fingerprint density at radius 1 is 0.833 bits per heavy atom. The van der Waals surface area contributed by atoms with Crippen molar-refractivity contribution in [2.75, 3.05) is 11.1 Å². The van der Waals surface area contributed by atoms with Crippen molar-refractivity contribution in [2.45, 2.75) is 62.1 Å². The molecule has 0 radical (unpaired) electrons. The lowest BCUT2D eigenvalue weighted by atomic mass is 10.0. The van der Waals surface area contributed by atoms with E-state index in [4.69, 9.17) is 19.8 Å². The number of thioether (sulfide) groups is 1. The second-order valence-electron chi connectivity index (χ2n) is 9.90. The normalized spacial score (nSPS) is 18.3. The highest BCUT2D eigenvalue weighted by Gasteiger charge is 2.32. The Morgan fingerprint density at radius 3 is 2.10 bits per heavy atom. The Bertz CT molecular complexity index is 1330. The van der Waals surface area contributed by atoms with E-state index in [1.54, 1.807) is 53.6 Å². The predicted molar refractivity (Wildman–Crippen MR) is 156 cm³/mol. The topological polar surface area (TPSA) is 154 Å². The van der Waals surface area contributed by atoms with Crippen LogP contribution in [0.25, 0.3) is 0 Å². The lowest BCUT2D eigenvalue weighted by Crippen LogP contribution is -2.31. The van der Waals surface area contributed by atoms with E-state index >= 15 is 0 Å². The molecule has 4 rings (SSSR count). The van der Waals surface area contributed by atoms with Crippen molar-refractivity contribution in [2.24, 2.45) is 0 Å². The van der Waals surface area contributed by atoms with Crippen LogP contribution < -0.4 is 10.8 Å². The maximum atomic E-state index is 12.3. The summed E-state index contributed by atoms with van der Waals surface area (Å²) in [5, 5.41) is 30.0. The molecule has 1 aliphatic heterocycles. The quantitative estimate of drug-likeness (QED) is 0.0775. The van der Waals surface area contributed by atoms with Gasteiger partial charge in [-0.2, -0.15) is 0 Å². The molecule has 0 unspecified atom stereocenters. The van der Waals surface area contributed by atoms with E-state index < -0.39 is 18.2 Å². The number of carbonyl (C=O) groups excluding carboxylic acids is 2. The number of hydrogen-bond acceptors (Lipinski definition) is 8. The summed E-state index contributed by atoms with van der Waals surface area (Å²) < 4.78 is 12.7. The molecular weight excluding hydrogens is 560 g/mol. The number of hydrogen-bond donors (Lipinski definition) is 5. The van der Waals surface area contributed by atoms with Crippen LogP contribution in [0.5, 0.6) is 0 Å². The first-order chi connectivity index (χ1) is 20.3. The third kappa shape index (κ3) is 9.13. The SMILES string of the molecule is O=C(CCCCC(=O)Nc1ccc([C@H]2O[C@@H](CSc3ccc(C(=O)O)cc3)C[C@@H](c3ccc(CO)cc3)O2)cc1)NO. The third-order valence-corrected chi connectivity index (χ3v) is 7.95. The van der Waals surface area contributed by atoms with Crippen molar-refractivity contribution in [3.63, 3.8) is 0 Å². The number of aromatic carboxylic acids is 1. The summed E-state index contributed by atoms with van der Waals surface area (Å²) in [4.78, 5) is 35.5. The number of carboxylic acid groups (broad SMARTS) is 1. The van der Waals surface area contributed by atoms with E-state index in [0.717, 1.165) is 21.6 Å². The Kier molecular flexibility index (Phi) is 11.5. The number of aliphatic hydroxyl groups excluding tert-OH is 1. The number of unbranched alkanes of at least 4 members (excludes halogenated alkanes) is 1. The molecule has 42 heavy (non-hydrogen) atoms. The summed E-state index contributed by atoms with van der Waals surface area (Å²) in [6.45, 7) is -0.0404. The number of aliphatic hydroxyl groups is 1. The van der Waals surface area contributed by atoms with Gasteiger partial charge in [0, 0.05) is 41.2 Å². The van der Waals surface area contributed by atoms with Gasteiger partial charge in [-0.25, -0.2) is 10.3 Å². The first-order valence-electron chi connectivity index (χ1n) is 13.6. The van der Waals surface area contributed by atoms with Gasteiger partial charge in [0.15, 0.2) is 6.29 Å². The molecule has 3 atom stereocenters. The maximum Gasteiger partial charge on any atom is 0.335 e. The van der Waals surface area contributed by atoms with Crippen LogP contribution in [0.2, 0.25) is 0 Å². The fraction of sp³-hybridized carbons (Fsp3) is 0.323. The fourth-order valence-electron chi connectivity index (χ4n) is 4.48. The minimum atomic E-state index is -0.965. The summed E-state index contributed by atoms with van der Waals surface area (Å²) in [5.74, 6) is -0.978. The van der Waals surface area contributed by atoms with Crippen LogP contribution in [0.4, 0.5) is 5.69 Å². The highest BCUT2D eigenvalue weighted by atomic mass is 32.2. The highest BCUT2D eigenvalue weighted by molar-refractivity contribution is 7.99. The molecule has 0 spiro atoms. The second-order valence-corrected chi connectivity index (χ2v) is 11.0. The summed E-state index contributed by atoms with van der Waals surface area (Å²) in [6.07, 6.45) is 0.975. The Balaban J connectivity index is 1.40.